The highest BCUT2D eigenvalue weighted by Gasteiger charge is 2.59. The molecule has 24 heavy (non-hydrogen) atoms. The predicted molar refractivity (Wildman–Crippen MR) is 94.2 cm³/mol. The van der Waals surface area contributed by atoms with Gasteiger partial charge in [-0.2, -0.15) is 0 Å². The molecule has 0 aromatic rings. The molecule has 2 aliphatic rings. The molecule has 1 aliphatic heterocycles. The molecule has 2 rings (SSSR count). The van der Waals surface area contributed by atoms with Crippen LogP contribution in [0.15, 0.2) is 11.6 Å². The van der Waals surface area contributed by atoms with Crippen LogP contribution in [0.2, 0.25) is 0 Å². The summed E-state index contributed by atoms with van der Waals surface area (Å²) in [6.45, 7) is 13.5. The Balaban J connectivity index is 2.26. The van der Waals surface area contributed by atoms with Gasteiger partial charge >= 0.3 is 0 Å². The Kier molecular flexibility index (Phi) is 5.24. The fourth-order valence-corrected chi connectivity index (χ4v) is 3.79. The predicted octanol–water partition coefficient (Wildman–Crippen LogP) is 2.88. The Bertz CT molecular complexity index is 554. The van der Waals surface area contributed by atoms with Gasteiger partial charge in [-0.05, 0) is 18.6 Å². The first kappa shape index (κ1) is 19.5. The molecule has 2 atom stereocenters. The van der Waals surface area contributed by atoms with Crippen LogP contribution in [0.25, 0.3) is 0 Å². The first-order valence-electron chi connectivity index (χ1n) is 8.76. The molecule has 0 bridgehead atoms. The molecule has 0 radical (unpaired) electrons. The van der Waals surface area contributed by atoms with Crippen LogP contribution in [0.3, 0.4) is 0 Å². The van der Waals surface area contributed by atoms with Crippen LogP contribution in [0.1, 0.15) is 54.4 Å². The fourth-order valence-electron chi connectivity index (χ4n) is 3.79. The van der Waals surface area contributed by atoms with Crippen molar-refractivity contribution in [3.8, 4) is 11.8 Å². The summed E-state index contributed by atoms with van der Waals surface area (Å²) >= 11 is 0. The maximum Gasteiger partial charge on any atom is 0.169 e. The van der Waals surface area contributed by atoms with Crippen LogP contribution in [-0.2, 0) is 9.47 Å². The average molecular weight is 336 g/mol. The molecule has 4 nitrogen and oxygen atoms in total. The summed E-state index contributed by atoms with van der Waals surface area (Å²) in [6.07, 6.45) is 2.88. The van der Waals surface area contributed by atoms with Crippen LogP contribution in [0.4, 0.5) is 0 Å². The van der Waals surface area contributed by atoms with Crippen molar-refractivity contribution in [2.45, 2.75) is 65.8 Å². The maximum absolute atomic E-state index is 11.3. The minimum atomic E-state index is -1.12. The Labute approximate surface area is 146 Å². The van der Waals surface area contributed by atoms with Crippen molar-refractivity contribution in [2.24, 2.45) is 16.7 Å². The average Bonchev–Trinajstić information content (AvgIpc) is 2.47. The molecule has 4 heteroatoms. The molecular formula is C20H32O4. The molecule has 1 saturated carbocycles. The first-order chi connectivity index (χ1) is 11.0. The zero-order chi connectivity index (χ0) is 18.2. The standard InChI is InChI=1S/C20H32O4/c1-15(8-10-21)7-9-20(22)16(2)11-19(12-18(20,5)6)23-13-17(3,4)14-24-19/h8,16,21-22H,10-14H2,1-6H3/t16-,20-/m1/s1. The van der Waals surface area contributed by atoms with E-state index >= 15 is 0 Å². The Morgan fingerprint density at radius 1 is 1.21 bits per heavy atom. The monoisotopic (exact) mass is 336 g/mol. The highest BCUT2D eigenvalue weighted by atomic mass is 16.7. The van der Waals surface area contributed by atoms with Crippen molar-refractivity contribution in [3.63, 3.8) is 0 Å². The van der Waals surface area contributed by atoms with Crippen molar-refractivity contribution in [1.29, 1.82) is 0 Å². The van der Waals surface area contributed by atoms with E-state index in [2.05, 4.69) is 25.7 Å². The second kappa shape index (κ2) is 6.46. The second-order valence-electron chi connectivity index (χ2n) is 8.90. The van der Waals surface area contributed by atoms with E-state index in [9.17, 15) is 5.11 Å². The van der Waals surface area contributed by atoms with Crippen LogP contribution < -0.4 is 0 Å². The largest absolute Gasteiger partial charge is 0.392 e. The molecule has 136 valence electrons. The highest BCUT2D eigenvalue weighted by Crippen LogP contribution is 2.53. The normalized spacial score (nSPS) is 34.5. The third kappa shape index (κ3) is 3.70. The van der Waals surface area contributed by atoms with Crippen LogP contribution in [0.5, 0.6) is 0 Å². The van der Waals surface area contributed by atoms with E-state index in [1.54, 1.807) is 6.08 Å². The van der Waals surface area contributed by atoms with E-state index in [-0.39, 0.29) is 17.9 Å². The van der Waals surface area contributed by atoms with Gasteiger partial charge in [0, 0.05) is 29.6 Å². The quantitative estimate of drug-likeness (QED) is 0.723. The van der Waals surface area contributed by atoms with E-state index in [0.29, 0.717) is 26.1 Å². The molecule has 2 N–H and O–H groups in total. The van der Waals surface area contributed by atoms with Gasteiger partial charge in [0.2, 0.25) is 0 Å². The van der Waals surface area contributed by atoms with E-state index in [1.807, 2.05) is 27.7 Å². The zero-order valence-electron chi connectivity index (χ0n) is 15.9. The van der Waals surface area contributed by atoms with E-state index in [4.69, 9.17) is 14.6 Å². The van der Waals surface area contributed by atoms with Crippen molar-refractivity contribution >= 4 is 0 Å². The van der Waals surface area contributed by atoms with Gasteiger partial charge in [-0.3, -0.25) is 0 Å². The maximum atomic E-state index is 11.3. The number of allylic oxidation sites excluding steroid dienone is 1. The minimum absolute atomic E-state index is 0.0262. The smallest absolute Gasteiger partial charge is 0.169 e. The van der Waals surface area contributed by atoms with Gasteiger partial charge in [0.15, 0.2) is 5.79 Å². The van der Waals surface area contributed by atoms with Crippen LogP contribution in [0, 0.1) is 28.6 Å². The summed E-state index contributed by atoms with van der Waals surface area (Å²) in [4.78, 5) is 0. The van der Waals surface area contributed by atoms with Crippen molar-refractivity contribution in [2.75, 3.05) is 19.8 Å². The molecule has 1 spiro atoms. The Morgan fingerprint density at radius 3 is 2.29 bits per heavy atom. The Morgan fingerprint density at radius 2 is 1.79 bits per heavy atom. The van der Waals surface area contributed by atoms with Gasteiger partial charge in [-0.15, -0.1) is 0 Å². The van der Waals surface area contributed by atoms with Crippen molar-refractivity contribution in [3.05, 3.63) is 11.6 Å². The number of aliphatic hydroxyl groups excluding tert-OH is 1. The lowest BCUT2D eigenvalue weighted by Gasteiger charge is -2.56. The second-order valence-corrected chi connectivity index (χ2v) is 8.90. The number of ether oxygens (including phenoxy) is 2. The molecule has 1 aliphatic carbocycles. The topological polar surface area (TPSA) is 58.9 Å². The number of rotatable bonds is 1. The lowest BCUT2D eigenvalue weighted by molar-refractivity contribution is -0.341. The lowest BCUT2D eigenvalue weighted by atomic mass is 9.58. The van der Waals surface area contributed by atoms with Gasteiger partial charge < -0.3 is 19.7 Å². The zero-order valence-corrected chi connectivity index (χ0v) is 15.9. The van der Waals surface area contributed by atoms with Gasteiger partial charge in [-0.1, -0.05) is 46.5 Å². The molecule has 0 unspecified atom stereocenters. The molecule has 0 aromatic carbocycles. The van der Waals surface area contributed by atoms with Crippen LogP contribution >= 0.6 is 0 Å². The molecule has 2 fully saturated rings. The molecule has 1 saturated heterocycles. The van der Waals surface area contributed by atoms with Gasteiger partial charge in [0.1, 0.15) is 5.60 Å². The van der Waals surface area contributed by atoms with Gasteiger partial charge in [-0.25, -0.2) is 0 Å². The summed E-state index contributed by atoms with van der Waals surface area (Å²) in [7, 11) is 0. The number of aliphatic hydroxyl groups is 2. The summed E-state index contributed by atoms with van der Waals surface area (Å²) in [5.41, 5.74) is -0.805. The SMILES string of the molecule is CC(C#C[C@@]1(O)[C@H](C)CC2(CC1(C)C)OCC(C)(C)CO2)=CCO. The summed E-state index contributed by atoms with van der Waals surface area (Å²) in [5.74, 6) is 5.37. The third-order valence-electron chi connectivity index (χ3n) is 5.37. The first-order valence-corrected chi connectivity index (χ1v) is 8.76. The van der Waals surface area contributed by atoms with E-state index in [1.165, 1.54) is 0 Å². The van der Waals surface area contributed by atoms with Crippen molar-refractivity contribution < 1.29 is 19.7 Å². The lowest BCUT2D eigenvalue weighted by Crippen LogP contribution is -2.62. The third-order valence-corrected chi connectivity index (χ3v) is 5.37. The summed E-state index contributed by atoms with van der Waals surface area (Å²) in [6, 6.07) is 0. The minimum Gasteiger partial charge on any atom is -0.392 e. The molecule has 0 amide bonds. The molecule has 1 heterocycles. The number of hydrogen-bond donors (Lipinski definition) is 2. The summed E-state index contributed by atoms with van der Waals surface area (Å²) in [5, 5.41) is 20.3. The molecular weight excluding hydrogens is 304 g/mol. The Hall–Kier alpha value is -0.860. The highest BCUT2D eigenvalue weighted by molar-refractivity contribution is 5.33. The number of hydrogen-bond acceptors (Lipinski definition) is 4. The van der Waals surface area contributed by atoms with Gasteiger partial charge in [0.25, 0.3) is 0 Å². The summed E-state index contributed by atoms with van der Waals surface area (Å²) < 4.78 is 12.3. The van der Waals surface area contributed by atoms with E-state index < -0.39 is 16.8 Å². The van der Waals surface area contributed by atoms with Gasteiger partial charge in [0.05, 0.1) is 19.8 Å². The fraction of sp³-hybridized carbons (Fsp3) is 0.800. The van der Waals surface area contributed by atoms with E-state index in [0.717, 1.165) is 5.57 Å². The van der Waals surface area contributed by atoms with Crippen molar-refractivity contribution in [1.82, 2.24) is 0 Å². The molecule has 0 aromatic heterocycles. The van der Waals surface area contributed by atoms with Crippen LogP contribution in [-0.4, -0.2) is 41.4 Å².